The van der Waals surface area contributed by atoms with E-state index in [0.29, 0.717) is 24.3 Å². The fourth-order valence-corrected chi connectivity index (χ4v) is 5.19. The number of amides is 1. The molecular weight excluding hydrogens is 390 g/mol. The maximum atomic E-state index is 12.9. The van der Waals surface area contributed by atoms with Crippen molar-refractivity contribution in [2.45, 2.75) is 70.6 Å². The van der Waals surface area contributed by atoms with Crippen molar-refractivity contribution in [2.75, 3.05) is 0 Å². The monoisotopic (exact) mass is 419 g/mol. The lowest BCUT2D eigenvalue weighted by atomic mass is 9.77. The van der Waals surface area contributed by atoms with Gasteiger partial charge in [-0.15, -0.1) is 0 Å². The van der Waals surface area contributed by atoms with Gasteiger partial charge in [0.05, 0.1) is 6.10 Å². The maximum absolute atomic E-state index is 12.9. The van der Waals surface area contributed by atoms with Crippen molar-refractivity contribution in [3.05, 3.63) is 64.4 Å². The number of hydrogen-bond acceptors (Lipinski definition) is 4. The molecule has 1 spiro atoms. The van der Waals surface area contributed by atoms with Crippen molar-refractivity contribution in [2.24, 2.45) is 0 Å². The lowest BCUT2D eigenvalue weighted by Crippen LogP contribution is -2.42. The molecule has 2 heterocycles. The summed E-state index contributed by atoms with van der Waals surface area (Å²) in [6.45, 7) is 4.35. The quantitative estimate of drug-likeness (QED) is 0.588. The van der Waals surface area contributed by atoms with E-state index in [1.165, 1.54) is 12.0 Å². The number of aliphatic hydroxyl groups is 1. The molecule has 1 aromatic heterocycles. The molecule has 1 atom stereocenters. The zero-order chi connectivity index (χ0) is 21.6. The van der Waals surface area contributed by atoms with Gasteiger partial charge in [-0.2, -0.15) is 0 Å². The van der Waals surface area contributed by atoms with E-state index in [-0.39, 0.29) is 11.5 Å². The van der Waals surface area contributed by atoms with E-state index < -0.39 is 6.10 Å². The molecule has 31 heavy (non-hydrogen) atoms. The van der Waals surface area contributed by atoms with Crippen LogP contribution in [0.15, 0.2) is 40.8 Å². The third kappa shape index (κ3) is 3.61. The average Bonchev–Trinajstić information content (AvgIpc) is 3.10. The van der Waals surface area contributed by atoms with Crippen LogP contribution in [0.3, 0.4) is 0 Å². The van der Waals surface area contributed by atoms with Crippen LogP contribution in [0.2, 0.25) is 0 Å². The third-order valence-electron chi connectivity index (χ3n) is 6.86. The van der Waals surface area contributed by atoms with Crippen LogP contribution in [0.5, 0.6) is 5.75 Å². The normalized spacial score (nSPS) is 19.8. The molecule has 3 aromatic rings. The third-order valence-corrected chi connectivity index (χ3v) is 6.86. The molecule has 1 aliphatic carbocycles. The summed E-state index contributed by atoms with van der Waals surface area (Å²) in [5.74, 6) is 0.766. The van der Waals surface area contributed by atoms with Crippen LogP contribution in [-0.4, -0.2) is 16.6 Å². The molecule has 0 bridgehead atoms. The minimum Gasteiger partial charge on any atom is -0.487 e. The molecule has 1 fully saturated rings. The number of carbonyl (C=O) groups is 1. The Kier molecular flexibility index (Phi) is 5.01. The molecule has 0 radical (unpaired) electrons. The van der Waals surface area contributed by atoms with Crippen molar-refractivity contribution in [1.82, 2.24) is 5.32 Å². The van der Waals surface area contributed by atoms with Crippen LogP contribution in [0.25, 0.3) is 11.0 Å². The first-order valence-electron chi connectivity index (χ1n) is 11.2. The second-order valence-corrected chi connectivity index (χ2v) is 9.14. The van der Waals surface area contributed by atoms with Crippen molar-refractivity contribution in [3.63, 3.8) is 0 Å². The number of fused-ring (bicyclic) bond motifs is 3. The lowest BCUT2D eigenvalue weighted by Gasteiger charge is -2.43. The van der Waals surface area contributed by atoms with E-state index >= 15 is 0 Å². The van der Waals surface area contributed by atoms with Gasteiger partial charge in [0.25, 0.3) is 5.91 Å². The number of aryl methyl sites for hydroxylation is 2. The highest BCUT2D eigenvalue weighted by Gasteiger charge is 2.42. The fourth-order valence-electron chi connectivity index (χ4n) is 5.19. The summed E-state index contributed by atoms with van der Waals surface area (Å²) in [7, 11) is 0. The van der Waals surface area contributed by atoms with E-state index in [4.69, 9.17) is 9.15 Å². The Morgan fingerprint density at radius 1 is 1.10 bits per heavy atom. The Morgan fingerprint density at radius 2 is 1.84 bits per heavy atom. The predicted molar refractivity (Wildman–Crippen MR) is 119 cm³/mol. The summed E-state index contributed by atoms with van der Waals surface area (Å²) in [5, 5.41) is 14.9. The zero-order valence-corrected chi connectivity index (χ0v) is 18.2. The molecule has 2 aliphatic rings. The Balaban J connectivity index is 1.44. The van der Waals surface area contributed by atoms with Gasteiger partial charge in [-0.3, -0.25) is 4.79 Å². The van der Waals surface area contributed by atoms with Gasteiger partial charge in [0, 0.05) is 29.5 Å². The molecule has 1 amide bonds. The van der Waals surface area contributed by atoms with Gasteiger partial charge < -0.3 is 19.6 Å². The Labute approximate surface area is 182 Å². The number of aliphatic hydroxyl groups excluding tert-OH is 1. The average molecular weight is 420 g/mol. The highest BCUT2D eigenvalue weighted by molar-refractivity contribution is 6.00. The van der Waals surface area contributed by atoms with Gasteiger partial charge in [-0.25, -0.2) is 0 Å². The van der Waals surface area contributed by atoms with Crippen LogP contribution in [0.1, 0.15) is 77.4 Å². The highest BCUT2D eigenvalue weighted by Crippen LogP contribution is 2.49. The number of rotatable bonds is 3. The van der Waals surface area contributed by atoms with Crippen molar-refractivity contribution < 1.29 is 19.1 Å². The van der Waals surface area contributed by atoms with Crippen LogP contribution in [0.4, 0.5) is 0 Å². The van der Waals surface area contributed by atoms with E-state index in [1.807, 2.05) is 50.2 Å². The second kappa shape index (κ2) is 7.72. The van der Waals surface area contributed by atoms with Gasteiger partial charge in [-0.1, -0.05) is 36.2 Å². The standard InChI is InChI=1S/C26H29NO4/c1-16-6-8-18(9-7-16)15-27-25(29)24-17(2)22-20(30-24)10-11-21-23(22)19(28)14-26(31-21)12-4-3-5-13-26/h6-11,19,28H,3-5,12-15H2,1-2H3,(H,27,29). The summed E-state index contributed by atoms with van der Waals surface area (Å²) in [6, 6.07) is 11.8. The van der Waals surface area contributed by atoms with Crippen LogP contribution >= 0.6 is 0 Å². The van der Waals surface area contributed by atoms with Crippen molar-refractivity contribution in [1.29, 1.82) is 0 Å². The van der Waals surface area contributed by atoms with Crippen molar-refractivity contribution in [3.8, 4) is 5.75 Å². The molecule has 5 rings (SSSR count). The molecule has 5 nitrogen and oxygen atoms in total. The summed E-state index contributed by atoms with van der Waals surface area (Å²) in [5.41, 5.74) is 4.07. The molecule has 5 heteroatoms. The van der Waals surface area contributed by atoms with Gasteiger partial charge in [0.15, 0.2) is 5.76 Å². The molecule has 2 N–H and O–H groups in total. The minimum absolute atomic E-state index is 0.252. The van der Waals surface area contributed by atoms with Gasteiger partial charge in [0.1, 0.15) is 16.9 Å². The molecule has 162 valence electrons. The number of nitrogens with one attached hydrogen (secondary N) is 1. The van der Waals surface area contributed by atoms with Crippen LogP contribution < -0.4 is 10.1 Å². The summed E-state index contributed by atoms with van der Waals surface area (Å²) in [6.07, 6.45) is 5.45. The number of ether oxygens (including phenoxy) is 1. The largest absolute Gasteiger partial charge is 0.487 e. The SMILES string of the molecule is Cc1ccc(CNC(=O)c2oc3ccc4c(c3c2C)C(O)CC2(CCCCC2)O4)cc1. The van der Waals surface area contributed by atoms with Crippen LogP contribution in [-0.2, 0) is 6.54 Å². The molecule has 0 saturated heterocycles. The minimum atomic E-state index is -0.620. The van der Waals surface area contributed by atoms with Gasteiger partial charge in [-0.05, 0) is 57.2 Å². The zero-order valence-electron chi connectivity index (χ0n) is 18.2. The van der Waals surface area contributed by atoms with E-state index in [0.717, 1.165) is 53.5 Å². The molecule has 2 aromatic carbocycles. The molecule has 1 aliphatic heterocycles. The van der Waals surface area contributed by atoms with Gasteiger partial charge in [0.2, 0.25) is 0 Å². The lowest BCUT2D eigenvalue weighted by molar-refractivity contribution is -0.0373. The number of hydrogen-bond donors (Lipinski definition) is 2. The van der Waals surface area contributed by atoms with E-state index in [2.05, 4.69) is 5.32 Å². The maximum Gasteiger partial charge on any atom is 0.287 e. The number of furan rings is 1. The molecular formula is C26H29NO4. The second-order valence-electron chi connectivity index (χ2n) is 9.14. The Morgan fingerprint density at radius 3 is 2.58 bits per heavy atom. The Bertz CT molecular complexity index is 1120. The van der Waals surface area contributed by atoms with Gasteiger partial charge >= 0.3 is 0 Å². The molecule has 1 unspecified atom stereocenters. The summed E-state index contributed by atoms with van der Waals surface area (Å²) < 4.78 is 12.4. The first-order valence-corrected chi connectivity index (χ1v) is 11.2. The summed E-state index contributed by atoms with van der Waals surface area (Å²) >= 11 is 0. The smallest absolute Gasteiger partial charge is 0.287 e. The van der Waals surface area contributed by atoms with E-state index in [9.17, 15) is 9.90 Å². The molecule has 1 saturated carbocycles. The topological polar surface area (TPSA) is 71.7 Å². The number of carbonyl (C=O) groups excluding carboxylic acids is 1. The summed E-state index contributed by atoms with van der Waals surface area (Å²) in [4.78, 5) is 12.9. The van der Waals surface area contributed by atoms with Crippen molar-refractivity contribution >= 4 is 16.9 Å². The predicted octanol–water partition coefficient (Wildman–Crippen LogP) is 5.50. The van der Waals surface area contributed by atoms with Crippen LogP contribution in [0, 0.1) is 13.8 Å². The Hall–Kier alpha value is -2.79. The fraction of sp³-hybridized carbons (Fsp3) is 0.423. The first-order chi connectivity index (χ1) is 15.0. The highest BCUT2D eigenvalue weighted by atomic mass is 16.5. The van der Waals surface area contributed by atoms with E-state index in [1.54, 1.807) is 0 Å². The first kappa shape index (κ1) is 20.1. The number of benzene rings is 2.